The fourth-order valence-electron chi connectivity index (χ4n) is 2.90. The molecule has 0 saturated carbocycles. The maximum Gasteiger partial charge on any atom is 0.329 e. The summed E-state index contributed by atoms with van der Waals surface area (Å²) in [6, 6.07) is 9.45. The number of nitrogens with zero attached hydrogens (tertiary/aromatic N) is 2. The largest absolute Gasteiger partial charge is 0.546 e. The third-order valence-electron chi connectivity index (χ3n) is 4.58. The number of carboxylic acids is 1. The maximum atomic E-state index is 12.7. The van der Waals surface area contributed by atoms with Crippen molar-refractivity contribution >= 4 is 29.7 Å². The number of nitro groups is 1. The molecule has 0 bridgehead atoms. The van der Waals surface area contributed by atoms with Crippen molar-refractivity contribution in [1.29, 1.82) is 0 Å². The number of hydrogen-bond donors (Lipinski definition) is 1. The molecule has 1 N–H and O–H groups in total. The van der Waals surface area contributed by atoms with Gasteiger partial charge in [-0.3, -0.25) is 19.8 Å². The Bertz CT molecular complexity index is 1110. The lowest BCUT2D eigenvalue weighted by Gasteiger charge is -2.17. The number of aliphatic carboxylic acids is 1. The van der Waals surface area contributed by atoms with Crippen LogP contribution in [0.5, 0.6) is 11.5 Å². The number of ether oxygens (including phenoxy) is 2. The van der Waals surface area contributed by atoms with Crippen LogP contribution in [0.2, 0.25) is 0 Å². The van der Waals surface area contributed by atoms with E-state index in [2.05, 4.69) is 5.32 Å². The van der Waals surface area contributed by atoms with Crippen LogP contribution in [0.25, 0.3) is 6.08 Å². The van der Waals surface area contributed by atoms with E-state index in [9.17, 15) is 29.6 Å². The van der Waals surface area contributed by atoms with Crippen LogP contribution in [-0.4, -0.2) is 40.9 Å². The first kappa shape index (κ1) is 22.3. The first-order valence-electron chi connectivity index (χ1n) is 9.33. The van der Waals surface area contributed by atoms with Crippen molar-refractivity contribution in [3.8, 4) is 11.5 Å². The minimum atomic E-state index is -1.38. The van der Waals surface area contributed by atoms with E-state index in [-0.39, 0.29) is 29.4 Å². The van der Waals surface area contributed by atoms with E-state index in [1.807, 2.05) is 0 Å². The first-order valence-corrected chi connectivity index (χ1v) is 9.33. The Kier molecular flexibility index (Phi) is 6.38. The quantitative estimate of drug-likeness (QED) is 0.278. The fraction of sp³-hybridized carbons (Fsp3) is 0.190. The van der Waals surface area contributed by atoms with Gasteiger partial charge in [0.15, 0.2) is 11.5 Å². The van der Waals surface area contributed by atoms with Crippen LogP contribution in [0.4, 0.5) is 10.5 Å². The van der Waals surface area contributed by atoms with E-state index in [1.54, 1.807) is 6.07 Å². The van der Waals surface area contributed by atoms with E-state index in [1.165, 1.54) is 56.5 Å². The molecule has 32 heavy (non-hydrogen) atoms. The number of non-ortho nitro benzene ring substituents is 1. The normalized spacial score (nSPS) is 15.4. The highest BCUT2D eigenvalue weighted by Crippen LogP contribution is 2.30. The summed E-state index contributed by atoms with van der Waals surface area (Å²) in [5.41, 5.74) is 0.972. The van der Waals surface area contributed by atoms with Crippen molar-refractivity contribution in [2.75, 3.05) is 7.11 Å². The van der Waals surface area contributed by atoms with Gasteiger partial charge in [-0.1, -0.05) is 18.2 Å². The molecule has 3 amide bonds. The van der Waals surface area contributed by atoms with Crippen molar-refractivity contribution in [2.45, 2.75) is 19.6 Å². The smallest absolute Gasteiger partial charge is 0.329 e. The second kappa shape index (κ2) is 9.16. The SMILES string of the molecule is COc1cc(/C=C2\NC(=O)N(Cc3ccc([N+](=O)[O-])cc3)C2=O)ccc1O[C@@H](C)C(=O)[O-]. The van der Waals surface area contributed by atoms with Crippen LogP contribution in [0.15, 0.2) is 48.2 Å². The highest BCUT2D eigenvalue weighted by molar-refractivity contribution is 6.13. The van der Waals surface area contributed by atoms with E-state index in [0.717, 1.165) is 4.90 Å². The molecule has 1 aliphatic heterocycles. The second-order valence-corrected chi connectivity index (χ2v) is 6.79. The number of nitro benzene ring substituents is 1. The van der Waals surface area contributed by atoms with Crippen LogP contribution >= 0.6 is 0 Å². The molecule has 11 nitrogen and oxygen atoms in total. The zero-order valence-corrected chi connectivity index (χ0v) is 17.1. The third kappa shape index (κ3) is 4.83. The summed E-state index contributed by atoms with van der Waals surface area (Å²) in [5, 5.41) is 24.1. The number of carboxylic acid groups (broad SMARTS) is 1. The van der Waals surface area contributed by atoms with Crippen LogP contribution in [0.3, 0.4) is 0 Å². The van der Waals surface area contributed by atoms with Gasteiger partial charge in [0.25, 0.3) is 11.6 Å². The number of urea groups is 1. The van der Waals surface area contributed by atoms with Gasteiger partial charge in [0.1, 0.15) is 11.8 Å². The molecule has 0 radical (unpaired) electrons. The molecule has 3 rings (SSSR count). The standard InChI is InChI=1S/C21H19N3O8/c1-12(20(26)27)32-17-8-5-14(10-18(17)31-2)9-16-19(25)23(21(28)22-16)11-13-3-6-15(7-4-13)24(29)30/h3-10,12H,11H2,1-2H3,(H,22,28)(H,26,27)/p-1/b16-9-/t12-/m0/s1. The molecule has 166 valence electrons. The summed E-state index contributed by atoms with van der Waals surface area (Å²) >= 11 is 0. The van der Waals surface area contributed by atoms with Gasteiger partial charge in [0.05, 0.1) is 24.5 Å². The zero-order chi connectivity index (χ0) is 23.4. The predicted octanol–water partition coefficient (Wildman–Crippen LogP) is 1.21. The molecular formula is C21H18N3O8-. The van der Waals surface area contributed by atoms with Crippen LogP contribution < -0.4 is 19.9 Å². The first-order chi connectivity index (χ1) is 15.2. The molecule has 2 aromatic rings. The van der Waals surface area contributed by atoms with Crippen molar-refractivity contribution in [2.24, 2.45) is 0 Å². The number of hydrogen-bond acceptors (Lipinski definition) is 8. The van der Waals surface area contributed by atoms with Crippen molar-refractivity contribution in [3.63, 3.8) is 0 Å². The number of amides is 3. The van der Waals surface area contributed by atoms with Gasteiger partial charge in [-0.15, -0.1) is 0 Å². The van der Waals surface area contributed by atoms with Gasteiger partial charge in [0.2, 0.25) is 0 Å². The molecule has 1 saturated heterocycles. The lowest BCUT2D eigenvalue weighted by Crippen LogP contribution is -2.37. The summed E-state index contributed by atoms with van der Waals surface area (Å²) in [5.74, 6) is -1.55. The van der Waals surface area contributed by atoms with Gasteiger partial charge < -0.3 is 24.7 Å². The van der Waals surface area contributed by atoms with Crippen LogP contribution in [-0.2, 0) is 16.1 Å². The number of carbonyl (C=O) groups is 3. The van der Waals surface area contributed by atoms with Gasteiger partial charge in [-0.05, 0) is 36.3 Å². The summed E-state index contributed by atoms with van der Waals surface area (Å²) < 4.78 is 10.5. The Labute approximate surface area is 182 Å². The Morgan fingerprint density at radius 1 is 1.19 bits per heavy atom. The molecule has 1 aliphatic rings. The monoisotopic (exact) mass is 440 g/mol. The Hall–Kier alpha value is -4.41. The molecule has 1 atom stereocenters. The molecule has 1 heterocycles. The molecule has 11 heteroatoms. The number of imide groups is 1. The van der Waals surface area contributed by atoms with Crippen molar-refractivity contribution < 1.29 is 33.9 Å². The average molecular weight is 440 g/mol. The summed E-state index contributed by atoms with van der Waals surface area (Å²) in [4.78, 5) is 47.0. The minimum absolute atomic E-state index is 0.0238. The lowest BCUT2D eigenvalue weighted by atomic mass is 10.1. The highest BCUT2D eigenvalue weighted by atomic mass is 16.6. The number of carbonyl (C=O) groups excluding carboxylic acids is 3. The number of methoxy groups -OCH3 is 1. The van der Waals surface area contributed by atoms with Gasteiger partial charge in [-0.2, -0.15) is 0 Å². The topological polar surface area (TPSA) is 151 Å². The van der Waals surface area contributed by atoms with Crippen molar-refractivity contribution in [3.05, 3.63) is 69.4 Å². The molecule has 0 unspecified atom stereocenters. The molecular weight excluding hydrogens is 422 g/mol. The maximum absolute atomic E-state index is 12.7. The van der Waals surface area contributed by atoms with Gasteiger partial charge in [-0.25, -0.2) is 4.79 Å². The molecule has 0 spiro atoms. The van der Waals surface area contributed by atoms with E-state index < -0.39 is 28.9 Å². The molecule has 1 fully saturated rings. The Morgan fingerprint density at radius 3 is 2.47 bits per heavy atom. The third-order valence-corrected chi connectivity index (χ3v) is 4.58. The Morgan fingerprint density at radius 2 is 1.88 bits per heavy atom. The highest BCUT2D eigenvalue weighted by Gasteiger charge is 2.33. The summed E-state index contributed by atoms with van der Waals surface area (Å²) in [7, 11) is 1.37. The summed E-state index contributed by atoms with van der Waals surface area (Å²) in [6.07, 6.45) is 0.238. The fourth-order valence-corrected chi connectivity index (χ4v) is 2.90. The number of nitrogens with one attached hydrogen (secondary N) is 1. The molecule has 0 aromatic heterocycles. The van der Waals surface area contributed by atoms with Crippen molar-refractivity contribution in [1.82, 2.24) is 10.2 Å². The zero-order valence-electron chi connectivity index (χ0n) is 17.1. The average Bonchev–Trinajstić information content (AvgIpc) is 3.02. The van der Waals surface area contributed by atoms with E-state index in [4.69, 9.17) is 9.47 Å². The second-order valence-electron chi connectivity index (χ2n) is 6.79. The lowest BCUT2D eigenvalue weighted by molar-refractivity contribution is -0.384. The predicted molar refractivity (Wildman–Crippen MR) is 108 cm³/mol. The van der Waals surface area contributed by atoms with Gasteiger partial charge in [0, 0.05) is 12.1 Å². The Balaban J connectivity index is 1.77. The number of rotatable bonds is 8. The molecule has 2 aromatic carbocycles. The van der Waals surface area contributed by atoms with Crippen LogP contribution in [0.1, 0.15) is 18.1 Å². The van der Waals surface area contributed by atoms with E-state index in [0.29, 0.717) is 11.1 Å². The van der Waals surface area contributed by atoms with Gasteiger partial charge >= 0.3 is 6.03 Å². The minimum Gasteiger partial charge on any atom is -0.546 e. The van der Waals surface area contributed by atoms with Crippen LogP contribution in [0, 0.1) is 10.1 Å². The van der Waals surface area contributed by atoms with E-state index >= 15 is 0 Å². The summed E-state index contributed by atoms with van der Waals surface area (Å²) in [6.45, 7) is 1.26. The molecule has 0 aliphatic carbocycles. The number of benzene rings is 2.